The quantitative estimate of drug-likeness (QED) is 0.625. The number of rotatable bonds is 7. The largest absolute Gasteiger partial charge is 0.619 e. The molecule has 0 fully saturated rings. The molecule has 1 N–H and O–H groups in total. The standard InChI is InChI=1S/C18H22N2O4/c1-4-23-16-7-6-15(12-17(16)24-5-2)13(3)19-18(21)14-8-10-20(22)11-9-14/h6-13H,4-5H2,1-3H3,(H,19,21). The van der Waals surface area contributed by atoms with Crippen molar-refractivity contribution in [2.45, 2.75) is 26.8 Å². The number of nitrogens with one attached hydrogen (secondary N) is 1. The third-order valence-corrected chi connectivity index (χ3v) is 3.48. The fraction of sp³-hybridized carbons (Fsp3) is 0.333. The molecule has 0 saturated heterocycles. The van der Waals surface area contributed by atoms with Crippen molar-refractivity contribution in [2.75, 3.05) is 13.2 Å². The first-order chi connectivity index (χ1) is 11.5. The minimum atomic E-state index is -0.241. The van der Waals surface area contributed by atoms with Gasteiger partial charge >= 0.3 is 0 Å². The minimum absolute atomic E-state index is 0.216. The molecule has 0 aliphatic rings. The Balaban J connectivity index is 2.13. The summed E-state index contributed by atoms with van der Waals surface area (Å²) in [6.07, 6.45) is 2.59. The smallest absolute Gasteiger partial charge is 0.252 e. The molecule has 0 bridgehead atoms. The molecule has 0 aliphatic carbocycles. The van der Waals surface area contributed by atoms with Gasteiger partial charge in [0.1, 0.15) is 0 Å². The van der Waals surface area contributed by atoms with Crippen LogP contribution in [0.4, 0.5) is 0 Å². The first-order valence-electron chi connectivity index (χ1n) is 7.94. The van der Waals surface area contributed by atoms with Crippen LogP contribution in [0.5, 0.6) is 11.5 Å². The van der Waals surface area contributed by atoms with E-state index in [9.17, 15) is 10.0 Å². The van der Waals surface area contributed by atoms with Crippen LogP contribution in [-0.2, 0) is 0 Å². The Morgan fingerprint density at radius 1 is 1.12 bits per heavy atom. The summed E-state index contributed by atoms with van der Waals surface area (Å²) in [5.74, 6) is 1.10. The normalized spacial score (nSPS) is 11.6. The Hall–Kier alpha value is -2.76. The maximum absolute atomic E-state index is 12.2. The first-order valence-corrected chi connectivity index (χ1v) is 7.94. The van der Waals surface area contributed by atoms with Gasteiger partial charge in [-0.25, -0.2) is 0 Å². The maximum atomic E-state index is 12.2. The van der Waals surface area contributed by atoms with Gasteiger partial charge in [-0.1, -0.05) is 6.07 Å². The van der Waals surface area contributed by atoms with Crippen molar-refractivity contribution in [2.24, 2.45) is 0 Å². The summed E-state index contributed by atoms with van der Waals surface area (Å²) < 4.78 is 11.8. The number of ether oxygens (including phenoxy) is 2. The number of nitrogens with zero attached hydrogens (tertiary/aromatic N) is 1. The Bertz CT molecular complexity index is 686. The number of pyridine rings is 1. The van der Waals surface area contributed by atoms with Crippen molar-refractivity contribution in [3.8, 4) is 11.5 Å². The first kappa shape index (κ1) is 17.6. The van der Waals surface area contributed by atoms with Crippen molar-refractivity contribution in [1.29, 1.82) is 0 Å². The number of amides is 1. The SMILES string of the molecule is CCOc1ccc(C(C)NC(=O)c2cc[n+]([O-])cc2)cc1OCC. The summed E-state index contributed by atoms with van der Waals surface area (Å²) in [6.45, 7) is 6.80. The van der Waals surface area contributed by atoms with Gasteiger partial charge in [-0.05, 0) is 38.5 Å². The van der Waals surface area contributed by atoms with E-state index in [1.54, 1.807) is 0 Å². The van der Waals surface area contributed by atoms with Gasteiger partial charge < -0.3 is 20.0 Å². The molecular formula is C18H22N2O4. The van der Waals surface area contributed by atoms with Gasteiger partial charge in [-0.3, -0.25) is 4.79 Å². The molecule has 1 unspecified atom stereocenters. The molecule has 0 spiro atoms. The van der Waals surface area contributed by atoms with E-state index in [0.717, 1.165) is 5.56 Å². The summed E-state index contributed by atoms with van der Waals surface area (Å²) in [4.78, 5) is 12.2. The summed E-state index contributed by atoms with van der Waals surface area (Å²) in [7, 11) is 0. The minimum Gasteiger partial charge on any atom is -0.619 e. The van der Waals surface area contributed by atoms with E-state index in [2.05, 4.69) is 5.32 Å². The number of aromatic nitrogens is 1. The van der Waals surface area contributed by atoms with Crippen molar-refractivity contribution >= 4 is 5.91 Å². The molecule has 1 amide bonds. The zero-order valence-corrected chi connectivity index (χ0v) is 14.1. The summed E-state index contributed by atoms with van der Waals surface area (Å²) >= 11 is 0. The average molecular weight is 330 g/mol. The summed E-state index contributed by atoms with van der Waals surface area (Å²) in [6, 6.07) is 8.37. The summed E-state index contributed by atoms with van der Waals surface area (Å²) in [5, 5.41) is 13.9. The van der Waals surface area contributed by atoms with Crippen LogP contribution >= 0.6 is 0 Å². The van der Waals surface area contributed by atoms with Crippen LogP contribution < -0.4 is 19.5 Å². The van der Waals surface area contributed by atoms with Crippen LogP contribution in [0, 0.1) is 5.21 Å². The highest BCUT2D eigenvalue weighted by molar-refractivity contribution is 5.94. The van der Waals surface area contributed by atoms with Crippen LogP contribution in [-0.4, -0.2) is 19.1 Å². The molecule has 0 saturated carbocycles. The van der Waals surface area contributed by atoms with E-state index in [1.165, 1.54) is 24.5 Å². The zero-order valence-electron chi connectivity index (χ0n) is 14.1. The van der Waals surface area contributed by atoms with Crippen molar-refractivity contribution in [3.05, 3.63) is 59.1 Å². The molecule has 2 aromatic rings. The van der Waals surface area contributed by atoms with E-state index in [-0.39, 0.29) is 11.9 Å². The highest BCUT2D eigenvalue weighted by atomic mass is 16.5. The fourth-order valence-electron chi connectivity index (χ4n) is 2.26. The molecule has 24 heavy (non-hydrogen) atoms. The third kappa shape index (κ3) is 4.38. The van der Waals surface area contributed by atoms with Crippen molar-refractivity contribution in [3.63, 3.8) is 0 Å². The topological polar surface area (TPSA) is 74.5 Å². The average Bonchev–Trinajstić information content (AvgIpc) is 2.57. The number of carbonyl (C=O) groups is 1. The van der Waals surface area contributed by atoms with Gasteiger partial charge in [0.05, 0.1) is 24.8 Å². The van der Waals surface area contributed by atoms with Crippen LogP contribution in [0.3, 0.4) is 0 Å². The lowest BCUT2D eigenvalue weighted by Gasteiger charge is -2.17. The summed E-state index contributed by atoms with van der Waals surface area (Å²) in [5.41, 5.74) is 1.34. The molecule has 1 atom stereocenters. The number of carbonyl (C=O) groups excluding carboxylic acids is 1. The lowest BCUT2D eigenvalue weighted by Crippen LogP contribution is -2.29. The molecule has 6 heteroatoms. The fourth-order valence-corrected chi connectivity index (χ4v) is 2.26. The van der Waals surface area contributed by atoms with Crippen molar-refractivity contribution in [1.82, 2.24) is 5.32 Å². The molecule has 6 nitrogen and oxygen atoms in total. The van der Waals surface area contributed by atoms with Crippen LogP contribution in [0.15, 0.2) is 42.7 Å². The van der Waals surface area contributed by atoms with Gasteiger partial charge in [-0.15, -0.1) is 0 Å². The molecule has 1 aromatic heterocycles. The van der Waals surface area contributed by atoms with Gasteiger partial charge in [0.25, 0.3) is 5.91 Å². The molecule has 1 aromatic carbocycles. The van der Waals surface area contributed by atoms with Crippen LogP contribution in [0.2, 0.25) is 0 Å². The Morgan fingerprint density at radius 2 is 1.75 bits per heavy atom. The second-order valence-electron chi connectivity index (χ2n) is 5.21. The predicted octanol–water partition coefficient (Wildman–Crippen LogP) is 2.61. The predicted molar refractivity (Wildman–Crippen MR) is 90.1 cm³/mol. The monoisotopic (exact) mass is 330 g/mol. The third-order valence-electron chi connectivity index (χ3n) is 3.48. The molecule has 0 radical (unpaired) electrons. The van der Waals surface area contributed by atoms with E-state index in [4.69, 9.17) is 9.47 Å². The second-order valence-corrected chi connectivity index (χ2v) is 5.21. The Labute approximate surface area is 141 Å². The van der Waals surface area contributed by atoms with E-state index < -0.39 is 0 Å². The molecule has 0 aliphatic heterocycles. The van der Waals surface area contributed by atoms with Gasteiger partial charge in [0.2, 0.25) is 0 Å². The number of benzene rings is 1. The van der Waals surface area contributed by atoms with E-state index in [1.807, 2.05) is 39.0 Å². The van der Waals surface area contributed by atoms with Crippen LogP contribution in [0.1, 0.15) is 42.7 Å². The highest BCUT2D eigenvalue weighted by Crippen LogP contribution is 2.30. The zero-order chi connectivity index (χ0) is 17.5. The molecule has 128 valence electrons. The molecule has 1 heterocycles. The maximum Gasteiger partial charge on any atom is 0.252 e. The second kappa shape index (κ2) is 8.19. The van der Waals surface area contributed by atoms with Gasteiger partial charge in [-0.2, -0.15) is 4.73 Å². The van der Waals surface area contributed by atoms with E-state index >= 15 is 0 Å². The van der Waals surface area contributed by atoms with E-state index in [0.29, 0.717) is 35.0 Å². The number of hydrogen-bond donors (Lipinski definition) is 1. The lowest BCUT2D eigenvalue weighted by atomic mass is 10.1. The van der Waals surface area contributed by atoms with Crippen molar-refractivity contribution < 1.29 is 19.0 Å². The number of hydrogen-bond acceptors (Lipinski definition) is 4. The van der Waals surface area contributed by atoms with Crippen LogP contribution in [0.25, 0.3) is 0 Å². The lowest BCUT2D eigenvalue weighted by molar-refractivity contribution is -0.605. The highest BCUT2D eigenvalue weighted by Gasteiger charge is 2.14. The Kier molecular flexibility index (Phi) is 6.01. The molecule has 2 rings (SSSR count). The molecular weight excluding hydrogens is 308 g/mol. The van der Waals surface area contributed by atoms with Gasteiger partial charge in [0, 0.05) is 12.1 Å². The Morgan fingerprint density at radius 3 is 2.38 bits per heavy atom. The van der Waals surface area contributed by atoms with Gasteiger partial charge in [0.15, 0.2) is 23.9 Å².